The highest BCUT2D eigenvalue weighted by molar-refractivity contribution is 7.80. The number of benzene rings is 3. The number of nitrogens with one attached hydrogen (secondary N) is 2. The average molecular weight is 548 g/mol. The summed E-state index contributed by atoms with van der Waals surface area (Å²) in [7, 11) is 0. The topological polar surface area (TPSA) is 66.2 Å². The number of aromatic nitrogens is 1. The van der Waals surface area contributed by atoms with Crippen LogP contribution in [-0.4, -0.2) is 34.1 Å². The number of hydrogen-bond acceptors (Lipinski definition) is 4. The lowest BCUT2D eigenvalue weighted by atomic mass is 9.73. The quantitative estimate of drug-likeness (QED) is 0.184. The van der Waals surface area contributed by atoms with Crippen molar-refractivity contribution < 1.29 is 0 Å². The third kappa shape index (κ3) is 5.39. The van der Waals surface area contributed by atoms with Crippen LogP contribution in [0.3, 0.4) is 0 Å². The van der Waals surface area contributed by atoms with E-state index in [2.05, 4.69) is 81.7 Å². The second kappa shape index (κ2) is 11.9. The molecule has 204 valence electrons. The normalized spacial score (nSPS) is 24.1. The molecule has 1 unspecified atom stereocenters. The molecule has 7 rings (SSSR count). The molecule has 4 heterocycles. The van der Waals surface area contributed by atoms with E-state index in [0.717, 1.165) is 41.5 Å². The zero-order chi connectivity index (χ0) is 27.5. The van der Waals surface area contributed by atoms with E-state index in [1.807, 2.05) is 48.7 Å². The maximum absolute atomic E-state index is 6.88. The molecule has 0 spiro atoms. The van der Waals surface area contributed by atoms with E-state index in [-0.39, 0.29) is 18.1 Å². The molecule has 3 aromatic carbocycles. The largest absolute Gasteiger partial charge is 0.354 e. The third-order valence-electron chi connectivity index (χ3n) is 8.83. The van der Waals surface area contributed by atoms with Crippen LogP contribution in [0, 0.1) is 11.8 Å². The Kier molecular flexibility index (Phi) is 7.91. The molecule has 5 nitrogen and oxygen atoms in total. The number of para-hydroxylation sites is 1. The van der Waals surface area contributed by atoms with E-state index in [0.29, 0.717) is 23.0 Å². The first-order chi connectivity index (χ1) is 19.6. The van der Waals surface area contributed by atoms with Crippen LogP contribution in [-0.2, 0) is 0 Å². The Morgan fingerprint density at radius 2 is 1.65 bits per heavy atom. The van der Waals surface area contributed by atoms with E-state index in [9.17, 15) is 0 Å². The van der Waals surface area contributed by atoms with E-state index >= 15 is 0 Å². The second-order valence-electron chi connectivity index (χ2n) is 11.1. The summed E-state index contributed by atoms with van der Waals surface area (Å²) in [5.74, 6) is 1.20. The fourth-order valence-electron chi connectivity index (χ4n) is 6.73. The minimum absolute atomic E-state index is 0.00541. The van der Waals surface area contributed by atoms with Gasteiger partial charge in [0.15, 0.2) is 5.11 Å². The van der Waals surface area contributed by atoms with Crippen molar-refractivity contribution in [2.75, 3.05) is 13.1 Å². The van der Waals surface area contributed by atoms with Crippen LogP contribution in [0.15, 0.2) is 110 Å². The molecule has 7 atom stereocenters. The van der Waals surface area contributed by atoms with Crippen molar-refractivity contribution in [3.8, 4) is 0 Å². The summed E-state index contributed by atoms with van der Waals surface area (Å²) < 4.78 is 0. The number of rotatable bonds is 8. The Bertz CT molecular complexity index is 1450. The summed E-state index contributed by atoms with van der Waals surface area (Å²) >= 11 is 6.07. The molecule has 1 aromatic heterocycles. The smallest absolute Gasteiger partial charge is 0.167 e. The number of fused-ring (bicyclic) bond motifs is 4. The van der Waals surface area contributed by atoms with Crippen LogP contribution < -0.4 is 16.4 Å². The molecule has 0 amide bonds. The molecule has 3 aliphatic rings. The van der Waals surface area contributed by atoms with Gasteiger partial charge in [-0.25, -0.2) is 0 Å². The zero-order valence-electron chi connectivity index (χ0n) is 22.7. The zero-order valence-corrected chi connectivity index (χ0v) is 23.5. The Hall–Kier alpha value is -3.58. The molecular weight excluding hydrogens is 510 g/mol. The first-order valence-corrected chi connectivity index (χ1v) is 14.7. The Balaban J connectivity index is 1.33. The molecular formula is C34H37N5S. The van der Waals surface area contributed by atoms with Crippen LogP contribution in [0.25, 0.3) is 10.9 Å². The van der Waals surface area contributed by atoms with Crippen LogP contribution in [0.2, 0.25) is 0 Å². The van der Waals surface area contributed by atoms with Gasteiger partial charge in [0.2, 0.25) is 0 Å². The summed E-state index contributed by atoms with van der Waals surface area (Å²) in [6.07, 6.45) is 6.41. The lowest BCUT2D eigenvalue weighted by Gasteiger charge is -2.52. The molecule has 0 aliphatic carbocycles. The first kappa shape index (κ1) is 26.6. The maximum atomic E-state index is 6.88. The van der Waals surface area contributed by atoms with Crippen molar-refractivity contribution in [3.05, 3.63) is 127 Å². The molecule has 40 heavy (non-hydrogen) atoms. The molecule has 0 radical (unpaired) electrons. The first-order valence-electron chi connectivity index (χ1n) is 14.2. The number of nitrogens with zero attached hydrogens (tertiary/aromatic N) is 2. The number of nitrogens with two attached hydrogens (primary N) is 1. The number of piperidine rings is 3. The Labute approximate surface area is 242 Å². The van der Waals surface area contributed by atoms with Crippen LogP contribution >= 0.6 is 12.2 Å². The summed E-state index contributed by atoms with van der Waals surface area (Å²) in [5, 5.41) is 9.18. The van der Waals surface area contributed by atoms with Gasteiger partial charge >= 0.3 is 0 Å². The maximum Gasteiger partial charge on any atom is 0.167 e. The van der Waals surface area contributed by atoms with Crippen molar-refractivity contribution >= 4 is 28.2 Å². The summed E-state index contributed by atoms with van der Waals surface area (Å²) in [6, 6.07) is 31.0. The summed E-state index contributed by atoms with van der Waals surface area (Å²) in [4.78, 5) is 7.28. The molecule has 3 aliphatic heterocycles. The van der Waals surface area contributed by atoms with E-state index in [4.69, 9.17) is 18.0 Å². The minimum atomic E-state index is -0.272. The number of hydrogen-bond donors (Lipinski definition) is 3. The van der Waals surface area contributed by atoms with Gasteiger partial charge in [-0.15, -0.1) is 6.58 Å². The van der Waals surface area contributed by atoms with Gasteiger partial charge in [-0.1, -0.05) is 84.9 Å². The van der Waals surface area contributed by atoms with Gasteiger partial charge in [0.1, 0.15) is 0 Å². The molecule has 2 bridgehead atoms. The average Bonchev–Trinajstić information content (AvgIpc) is 3.03. The van der Waals surface area contributed by atoms with Crippen molar-refractivity contribution in [1.82, 2.24) is 20.5 Å². The lowest BCUT2D eigenvalue weighted by molar-refractivity contribution is 0.00426. The van der Waals surface area contributed by atoms with Crippen LogP contribution in [0.1, 0.15) is 47.7 Å². The molecule has 4 aromatic rings. The van der Waals surface area contributed by atoms with Gasteiger partial charge in [0.05, 0.1) is 23.6 Å². The van der Waals surface area contributed by atoms with Crippen molar-refractivity contribution in [2.45, 2.75) is 37.0 Å². The predicted octanol–water partition coefficient (Wildman–Crippen LogP) is 6.08. The lowest BCUT2D eigenvalue weighted by Crippen LogP contribution is -2.58. The number of thiocarbonyl (C=S) groups is 1. The van der Waals surface area contributed by atoms with Gasteiger partial charge in [0, 0.05) is 24.2 Å². The SMILES string of the molecule is C=C[C@H]1CN2CC[C@H]1C[C@H]2[C@@H](NC(=S)N[C@@H](c1ccccc1)[C@@H](N)c1ccccc1)c1ccnc2ccccc12. The van der Waals surface area contributed by atoms with Crippen LogP contribution in [0.5, 0.6) is 0 Å². The molecule has 3 saturated heterocycles. The highest BCUT2D eigenvalue weighted by atomic mass is 32.1. The molecule has 6 heteroatoms. The molecule has 0 saturated carbocycles. The molecule has 4 N–H and O–H groups in total. The fourth-order valence-corrected chi connectivity index (χ4v) is 6.98. The predicted molar refractivity (Wildman–Crippen MR) is 168 cm³/mol. The van der Waals surface area contributed by atoms with E-state index < -0.39 is 0 Å². The van der Waals surface area contributed by atoms with E-state index in [1.54, 1.807) is 0 Å². The van der Waals surface area contributed by atoms with E-state index in [1.165, 1.54) is 12.0 Å². The third-order valence-corrected chi connectivity index (χ3v) is 9.07. The summed E-state index contributed by atoms with van der Waals surface area (Å²) in [5.41, 5.74) is 11.3. The van der Waals surface area contributed by atoms with Gasteiger partial charge in [-0.3, -0.25) is 9.88 Å². The van der Waals surface area contributed by atoms with Gasteiger partial charge in [0.25, 0.3) is 0 Å². The van der Waals surface area contributed by atoms with Crippen molar-refractivity contribution in [1.29, 1.82) is 0 Å². The Morgan fingerprint density at radius 3 is 2.35 bits per heavy atom. The number of pyridine rings is 1. The Morgan fingerprint density at radius 1 is 0.950 bits per heavy atom. The van der Waals surface area contributed by atoms with Crippen molar-refractivity contribution in [3.63, 3.8) is 0 Å². The highest BCUT2D eigenvalue weighted by Gasteiger charge is 2.43. The van der Waals surface area contributed by atoms with Gasteiger partial charge in [-0.2, -0.15) is 0 Å². The summed E-state index contributed by atoms with van der Waals surface area (Å²) in [6.45, 7) is 6.28. The molecule has 3 fully saturated rings. The monoisotopic (exact) mass is 547 g/mol. The highest BCUT2D eigenvalue weighted by Crippen LogP contribution is 2.42. The van der Waals surface area contributed by atoms with Gasteiger partial charge in [-0.05, 0) is 72.3 Å². The van der Waals surface area contributed by atoms with Crippen molar-refractivity contribution in [2.24, 2.45) is 17.6 Å². The second-order valence-corrected chi connectivity index (χ2v) is 11.5. The minimum Gasteiger partial charge on any atom is -0.354 e. The van der Waals surface area contributed by atoms with Crippen LogP contribution in [0.4, 0.5) is 0 Å². The fraction of sp³-hybridized carbons (Fsp3) is 0.294. The van der Waals surface area contributed by atoms with Gasteiger partial charge < -0.3 is 16.4 Å². The standard InChI is InChI=1S/C34H37N5S/c1-2-23-22-39-20-18-26(23)21-30(39)33(28-17-19-36-29-16-10-9-15-27(28)29)38-34(40)37-32(25-13-7-4-8-14-25)31(35)24-11-5-3-6-12-24/h2-17,19,23,26,30-33H,1,18,20-22,35H2,(H2,37,38,40)/t23-,26-,30-,31-,32-,33-/m0/s1.